The number of aromatic nitrogens is 2. The van der Waals surface area contributed by atoms with Crippen molar-refractivity contribution in [2.24, 2.45) is 0 Å². The number of carbonyl (C=O) groups excluding carboxylic acids is 1. The average molecular weight is 448 g/mol. The molecule has 1 aliphatic heterocycles. The van der Waals surface area contributed by atoms with Gasteiger partial charge in [-0.3, -0.25) is 4.79 Å². The summed E-state index contributed by atoms with van der Waals surface area (Å²) in [6.45, 7) is 0.184. The largest absolute Gasteiger partial charge is 0.454 e. The maximum atomic E-state index is 12.9. The third kappa shape index (κ3) is 4.15. The van der Waals surface area contributed by atoms with E-state index >= 15 is 0 Å². The highest BCUT2D eigenvalue weighted by molar-refractivity contribution is 6.33. The number of fused-ring (bicyclic) bond motifs is 1. The second-order valence-corrected chi connectivity index (χ2v) is 7.63. The standard InChI is InChI=1S/C24H18ClN3O4/c25-18-9-5-4-8-17(18)23(29)26-19(12-15-6-2-1-3-7-15)24-27-22(28-32-24)16-10-11-20-21(13-16)31-14-30-20/h1-11,13,19H,12,14H2,(H,26,29)/t19-/m1/s1. The van der Waals surface area contributed by atoms with Crippen molar-refractivity contribution in [3.05, 3.63) is 94.8 Å². The minimum atomic E-state index is -0.545. The zero-order valence-electron chi connectivity index (χ0n) is 16.8. The molecule has 32 heavy (non-hydrogen) atoms. The second kappa shape index (κ2) is 8.72. The summed E-state index contributed by atoms with van der Waals surface area (Å²) in [6.07, 6.45) is 0.472. The topological polar surface area (TPSA) is 86.5 Å². The molecule has 1 atom stereocenters. The Labute approximate surface area is 188 Å². The average Bonchev–Trinajstić information content (AvgIpc) is 3.49. The first-order valence-corrected chi connectivity index (χ1v) is 10.4. The van der Waals surface area contributed by atoms with Crippen molar-refractivity contribution in [2.75, 3.05) is 6.79 Å². The first-order valence-electron chi connectivity index (χ1n) is 10.0. The molecule has 160 valence electrons. The van der Waals surface area contributed by atoms with Crippen molar-refractivity contribution in [2.45, 2.75) is 12.5 Å². The van der Waals surface area contributed by atoms with E-state index in [2.05, 4.69) is 15.5 Å². The summed E-state index contributed by atoms with van der Waals surface area (Å²) < 4.78 is 16.3. The Morgan fingerprint density at radius 2 is 1.78 bits per heavy atom. The van der Waals surface area contributed by atoms with Gasteiger partial charge in [0.05, 0.1) is 10.6 Å². The van der Waals surface area contributed by atoms with Gasteiger partial charge in [-0.25, -0.2) is 0 Å². The zero-order valence-corrected chi connectivity index (χ0v) is 17.6. The molecule has 0 spiro atoms. The van der Waals surface area contributed by atoms with E-state index in [1.165, 1.54) is 0 Å². The fourth-order valence-corrected chi connectivity index (χ4v) is 3.68. The van der Waals surface area contributed by atoms with Crippen LogP contribution in [0.25, 0.3) is 11.4 Å². The van der Waals surface area contributed by atoms with E-state index in [0.29, 0.717) is 40.2 Å². The Kier molecular flexibility index (Phi) is 5.47. The van der Waals surface area contributed by atoms with Gasteiger partial charge in [0.2, 0.25) is 18.5 Å². The fourth-order valence-electron chi connectivity index (χ4n) is 3.46. The summed E-state index contributed by atoms with van der Waals surface area (Å²) in [5, 5.41) is 7.46. The van der Waals surface area contributed by atoms with Crippen LogP contribution in [0.4, 0.5) is 0 Å². The highest BCUT2D eigenvalue weighted by Crippen LogP contribution is 2.35. The maximum Gasteiger partial charge on any atom is 0.253 e. The number of ether oxygens (including phenoxy) is 2. The summed E-state index contributed by atoms with van der Waals surface area (Å²) in [7, 11) is 0. The normalized spacial score (nSPS) is 13.0. The van der Waals surface area contributed by atoms with Crippen molar-refractivity contribution in [1.29, 1.82) is 0 Å². The molecule has 2 heterocycles. The lowest BCUT2D eigenvalue weighted by Gasteiger charge is -2.16. The summed E-state index contributed by atoms with van der Waals surface area (Å²) in [5.41, 5.74) is 2.11. The molecule has 0 bridgehead atoms. The smallest absolute Gasteiger partial charge is 0.253 e. The van der Waals surface area contributed by atoms with Crippen LogP contribution in [0.1, 0.15) is 27.9 Å². The molecule has 0 unspecified atom stereocenters. The number of benzene rings is 3. The van der Waals surface area contributed by atoms with Crippen LogP contribution in [0.2, 0.25) is 5.02 Å². The number of amides is 1. The minimum Gasteiger partial charge on any atom is -0.454 e. The van der Waals surface area contributed by atoms with Crippen molar-refractivity contribution in [1.82, 2.24) is 15.5 Å². The number of hydrogen-bond donors (Lipinski definition) is 1. The molecule has 3 aromatic carbocycles. The van der Waals surface area contributed by atoms with Crippen LogP contribution < -0.4 is 14.8 Å². The molecule has 0 saturated heterocycles. The highest BCUT2D eigenvalue weighted by atomic mass is 35.5. The molecule has 1 aromatic heterocycles. The lowest BCUT2D eigenvalue weighted by Crippen LogP contribution is -2.30. The van der Waals surface area contributed by atoms with Crippen molar-refractivity contribution in [3.63, 3.8) is 0 Å². The summed E-state index contributed by atoms with van der Waals surface area (Å²) in [5.74, 6) is 1.66. The molecule has 0 radical (unpaired) electrons. The number of halogens is 1. The zero-order chi connectivity index (χ0) is 21.9. The Morgan fingerprint density at radius 3 is 2.62 bits per heavy atom. The quantitative estimate of drug-likeness (QED) is 0.455. The van der Waals surface area contributed by atoms with Crippen LogP contribution in [0.5, 0.6) is 11.5 Å². The minimum absolute atomic E-state index is 0.184. The molecule has 7 nitrogen and oxygen atoms in total. The van der Waals surface area contributed by atoms with E-state index in [0.717, 1.165) is 11.1 Å². The molecular weight excluding hydrogens is 430 g/mol. The third-order valence-electron chi connectivity index (χ3n) is 5.08. The predicted octanol–water partition coefficient (Wildman–Crippen LogP) is 4.83. The van der Waals surface area contributed by atoms with Crippen LogP contribution in [-0.4, -0.2) is 22.8 Å². The highest BCUT2D eigenvalue weighted by Gasteiger charge is 2.24. The molecule has 0 aliphatic carbocycles. The first kappa shape index (κ1) is 20.1. The van der Waals surface area contributed by atoms with Gasteiger partial charge in [-0.05, 0) is 35.9 Å². The third-order valence-corrected chi connectivity index (χ3v) is 5.41. The van der Waals surface area contributed by atoms with Crippen LogP contribution in [0.3, 0.4) is 0 Å². The lowest BCUT2D eigenvalue weighted by molar-refractivity contribution is 0.0928. The maximum absolute atomic E-state index is 12.9. The summed E-state index contributed by atoms with van der Waals surface area (Å²) in [6, 6.07) is 21.5. The fraction of sp³-hybridized carbons (Fsp3) is 0.125. The van der Waals surface area contributed by atoms with Gasteiger partial charge in [-0.1, -0.05) is 59.2 Å². The van der Waals surface area contributed by atoms with E-state index in [4.69, 9.17) is 25.6 Å². The van der Waals surface area contributed by atoms with Gasteiger partial charge >= 0.3 is 0 Å². The number of nitrogens with zero attached hydrogens (tertiary/aromatic N) is 2. The van der Waals surface area contributed by atoms with Gasteiger partial charge in [-0.15, -0.1) is 0 Å². The van der Waals surface area contributed by atoms with Gasteiger partial charge in [-0.2, -0.15) is 4.98 Å². The van der Waals surface area contributed by atoms with Crippen molar-refractivity contribution >= 4 is 17.5 Å². The predicted molar refractivity (Wildman–Crippen MR) is 118 cm³/mol. The Balaban J connectivity index is 1.44. The van der Waals surface area contributed by atoms with Gasteiger partial charge in [0.25, 0.3) is 5.91 Å². The number of carbonyl (C=O) groups is 1. The number of hydrogen-bond acceptors (Lipinski definition) is 6. The van der Waals surface area contributed by atoms with E-state index in [1.807, 2.05) is 36.4 Å². The van der Waals surface area contributed by atoms with E-state index in [-0.39, 0.29) is 12.7 Å². The van der Waals surface area contributed by atoms with Crippen LogP contribution in [0, 0.1) is 0 Å². The molecule has 1 N–H and O–H groups in total. The van der Waals surface area contributed by atoms with Gasteiger partial charge in [0.1, 0.15) is 6.04 Å². The molecule has 4 aromatic rings. The van der Waals surface area contributed by atoms with Crippen molar-refractivity contribution < 1.29 is 18.8 Å². The Bertz CT molecular complexity index is 1260. The molecule has 1 aliphatic rings. The monoisotopic (exact) mass is 447 g/mol. The van der Waals surface area contributed by atoms with Gasteiger partial charge < -0.3 is 19.3 Å². The van der Waals surface area contributed by atoms with E-state index in [1.54, 1.807) is 36.4 Å². The SMILES string of the molecule is O=C(N[C@H](Cc1ccccc1)c1nc(-c2ccc3c(c2)OCO3)no1)c1ccccc1Cl. The Morgan fingerprint density at radius 1 is 1.00 bits per heavy atom. The van der Waals surface area contributed by atoms with Crippen LogP contribution >= 0.6 is 11.6 Å². The summed E-state index contributed by atoms with van der Waals surface area (Å²) in [4.78, 5) is 17.5. The van der Waals surface area contributed by atoms with E-state index in [9.17, 15) is 4.79 Å². The van der Waals surface area contributed by atoms with E-state index < -0.39 is 6.04 Å². The summed E-state index contributed by atoms with van der Waals surface area (Å²) >= 11 is 6.21. The molecule has 8 heteroatoms. The van der Waals surface area contributed by atoms with Gasteiger partial charge in [0.15, 0.2) is 11.5 Å². The molecule has 0 saturated carbocycles. The molecule has 0 fully saturated rings. The van der Waals surface area contributed by atoms with Crippen LogP contribution in [-0.2, 0) is 6.42 Å². The number of rotatable bonds is 6. The van der Waals surface area contributed by atoms with Gasteiger partial charge in [0, 0.05) is 12.0 Å². The molecule has 5 rings (SSSR count). The second-order valence-electron chi connectivity index (χ2n) is 7.22. The first-order chi connectivity index (χ1) is 15.7. The number of nitrogens with one attached hydrogen (secondary N) is 1. The lowest BCUT2D eigenvalue weighted by atomic mass is 10.1. The van der Waals surface area contributed by atoms with Crippen molar-refractivity contribution in [3.8, 4) is 22.9 Å². The molecular formula is C24H18ClN3O4. The Hall–Kier alpha value is -3.84. The molecule has 1 amide bonds. The van der Waals surface area contributed by atoms with Crippen LogP contribution in [0.15, 0.2) is 77.3 Å².